The summed E-state index contributed by atoms with van der Waals surface area (Å²) in [4.78, 5) is 10.1. The fourth-order valence-electron chi connectivity index (χ4n) is 1.12. The predicted molar refractivity (Wildman–Crippen MR) is 62.9 cm³/mol. The van der Waals surface area contributed by atoms with E-state index in [1.807, 2.05) is 0 Å². The van der Waals surface area contributed by atoms with Gasteiger partial charge in [0.2, 0.25) is 0 Å². The molecule has 0 bridgehead atoms. The monoisotopic (exact) mass is 321 g/mol. The Morgan fingerprint density at radius 3 is 2.64 bits per heavy atom. The van der Waals surface area contributed by atoms with Gasteiger partial charge in [-0.1, -0.05) is 22.0 Å². The number of rotatable bonds is 4. The summed E-state index contributed by atoms with van der Waals surface area (Å²) in [6, 6.07) is 5.14. The van der Waals surface area contributed by atoms with Gasteiger partial charge in [-0.25, -0.2) is 0 Å². The van der Waals surface area contributed by atoms with Crippen molar-refractivity contribution in [1.29, 1.82) is 0 Å². The van der Waals surface area contributed by atoms with Crippen LogP contribution in [0.3, 0.4) is 0 Å². The highest BCUT2D eigenvalue weighted by Crippen LogP contribution is 2.25. The first-order valence-corrected chi connectivity index (χ1v) is 6.05. The van der Waals surface area contributed by atoms with Gasteiger partial charge in [0.15, 0.2) is 0 Å². The summed E-state index contributed by atoms with van der Waals surface area (Å²) >= 11 is 6.53. The van der Waals surface area contributed by atoms with E-state index in [4.69, 9.17) is 0 Å². The third-order valence-corrected chi connectivity index (χ3v) is 3.00. The van der Waals surface area contributed by atoms with Gasteiger partial charge in [0.05, 0.1) is 9.40 Å². The number of benzene rings is 1. The van der Waals surface area contributed by atoms with Crippen molar-refractivity contribution >= 4 is 37.5 Å². The Balaban J connectivity index is 2.83. The van der Waals surface area contributed by atoms with Crippen LogP contribution in [0.2, 0.25) is 0 Å². The lowest BCUT2D eigenvalue weighted by Gasteiger charge is -2.00. The van der Waals surface area contributed by atoms with Crippen LogP contribution in [0, 0.1) is 10.1 Å². The van der Waals surface area contributed by atoms with Crippen LogP contribution in [0.1, 0.15) is 12.0 Å². The van der Waals surface area contributed by atoms with Gasteiger partial charge in [0.1, 0.15) is 0 Å². The highest BCUT2D eigenvalue weighted by atomic mass is 79.9. The first-order chi connectivity index (χ1) is 6.65. The molecule has 3 nitrogen and oxygen atoms in total. The maximum atomic E-state index is 10.5. The third kappa shape index (κ3) is 3.06. The number of nitro groups is 1. The summed E-state index contributed by atoms with van der Waals surface area (Å²) in [7, 11) is 0. The van der Waals surface area contributed by atoms with Crippen LogP contribution in [0.4, 0.5) is 5.69 Å². The van der Waals surface area contributed by atoms with Crippen molar-refractivity contribution in [3.05, 3.63) is 38.3 Å². The molecular formula is C9H9Br2NO2. The van der Waals surface area contributed by atoms with E-state index in [1.54, 1.807) is 12.1 Å². The first kappa shape index (κ1) is 11.7. The van der Waals surface area contributed by atoms with Gasteiger partial charge in [-0.15, -0.1) is 0 Å². The molecule has 0 atom stereocenters. The van der Waals surface area contributed by atoms with Gasteiger partial charge >= 0.3 is 0 Å². The summed E-state index contributed by atoms with van der Waals surface area (Å²) in [5.41, 5.74) is 1.23. The summed E-state index contributed by atoms with van der Waals surface area (Å²) in [5.74, 6) is 0. The van der Waals surface area contributed by atoms with Crippen LogP contribution in [-0.2, 0) is 6.42 Å². The van der Waals surface area contributed by atoms with E-state index in [0.717, 1.165) is 23.7 Å². The molecule has 0 fully saturated rings. The SMILES string of the molecule is O=[N+]([O-])c1ccc(CCCBr)cc1Br. The quantitative estimate of drug-likeness (QED) is 0.482. The standard InChI is InChI=1S/C9H9Br2NO2/c10-5-1-2-7-3-4-9(12(13)14)8(11)6-7/h3-4,6H,1-2,5H2. The van der Waals surface area contributed by atoms with Crippen molar-refractivity contribution in [2.24, 2.45) is 0 Å². The molecule has 0 aliphatic carbocycles. The number of hydrogen-bond acceptors (Lipinski definition) is 2. The van der Waals surface area contributed by atoms with E-state index in [0.29, 0.717) is 4.47 Å². The van der Waals surface area contributed by atoms with Gasteiger partial charge < -0.3 is 0 Å². The van der Waals surface area contributed by atoms with Crippen LogP contribution < -0.4 is 0 Å². The summed E-state index contributed by atoms with van der Waals surface area (Å²) < 4.78 is 0.551. The first-order valence-electron chi connectivity index (χ1n) is 4.14. The minimum absolute atomic E-state index is 0.118. The molecule has 0 saturated heterocycles. The number of halogens is 2. The van der Waals surface area contributed by atoms with Crippen molar-refractivity contribution in [2.75, 3.05) is 5.33 Å². The molecule has 0 amide bonds. The number of nitro benzene ring substituents is 1. The fourth-order valence-corrected chi connectivity index (χ4v) is 1.98. The van der Waals surface area contributed by atoms with E-state index in [-0.39, 0.29) is 5.69 Å². The molecule has 1 aromatic carbocycles. The minimum atomic E-state index is -0.391. The second-order valence-corrected chi connectivity index (χ2v) is 4.48. The second kappa shape index (κ2) is 5.46. The maximum Gasteiger partial charge on any atom is 0.283 e. The third-order valence-electron chi connectivity index (χ3n) is 1.81. The molecule has 0 spiro atoms. The highest BCUT2D eigenvalue weighted by Gasteiger charge is 2.10. The molecule has 1 aromatic rings. The minimum Gasteiger partial charge on any atom is -0.258 e. The molecule has 0 heterocycles. The van der Waals surface area contributed by atoms with Crippen molar-refractivity contribution in [3.63, 3.8) is 0 Å². The van der Waals surface area contributed by atoms with Gasteiger partial charge in [0.25, 0.3) is 5.69 Å². The normalized spacial score (nSPS) is 10.1. The molecule has 0 aliphatic rings. The Labute approximate surface area is 98.9 Å². The fraction of sp³-hybridized carbons (Fsp3) is 0.333. The Morgan fingerprint density at radius 1 is 1.43 bits per heavy atom. The van der Waals surface area contributed by atoms with Gasteiger partial charge in [-0.2, -0.15) is 0 Å². The van der Waals surface area contributed by atoms with Gasteiger partial charge in [-0.05, 0) is 40.4 Å². The van der Waals surface area contributed by atoms with Crippen LogP contribution in [0.15, 0.2) is 22.7 Å². The van der Waals surface area contributed by atoms with E-state index in [1.165, 1.54) is 6.07 Å². The molecule has 0 N–H and O–H groups in total. The molecule has 0 aliphatic heterocycles. The molecule has 14 heavy (non-hydrogen) atoms. The average molecular weight is 323 g/mol. The smallest absolute Gasteiger partial charge is 0.258 e. The molecule has 1 rings (SSSR count). The average Bonchev–Trinajstić information content (AvgIpc) is 2.14. The zero-order chi connectivity index (χ0) is 10.6. The Morgan fingerprint density at radius 2 is 2.14 bits per heavy atom. The Kier molecular flexibility index (Phi) is 4.54. The van der Waals surface area contributed by atoms with E-state index in [9.17, 15) is 10.1 Å². The zero-order valence-corrected chi connectivity index (χ0v) is 10.5. The van der Waals surface area contributed by atoms with Crippen LogP contribution in [0.5, 0.6) is 0 Å². The van der Waals surface area contributed by atoms with E-state index in [2.05, 4.69) is 31.9 Å². The van der Waals surface area contributed by atoms with Gasteiger partial charge in [-0.3, -0.25) is 10.1 Å². The van der Waals surface area contributed by atoms with Gasteiger partial charge in [0, 0.05) is 11.4 Å². The largest absolute Gasteiger partial charge is 0.283 e. The lowest BCUT2D eigenvalue weighted by Crippen LogP contribution is -1.92. The molecule has 76 valence electrons. The molecule has 0 saturated carbocycles. The molecular weight excluding hydrogens is 314 g/mol. The highest BCUT2D eigenvalue weighted by molar-refractivity contribution is 9.10. The summed E-state index contributed by atoms with van der Waals surface area (Å²) in [6.45, 7) is 0. The lowest BCUT2D eigenvalue weighted by atomic mass is 10.1. The molecule has 0 radical (unpaired) electrons. The van der Waals surface area contributed by atoms with E-state index >= 15 is 0 Å². The Hall–Kier alpha value is -0.420. The second-order valence-electron chi connectivity index (χ2n) is 2.84. The molecule has 0 unspecified atom stereocenters. The van der Waals surface area contributed by atoms with E-state index < -0.39 is 4.92 Å². The predicted octanol–water partition coefficient (Wildman–Crippen LogP) is 3.68. The molecule has 0 aromatic heterocycles. The molecule has 5 heteroatoms. The van der Waals surface area contributed by atoms with Crippen molar-refractivity contribution in [3.8, 4) is 0 Å². The van der Waals surface area contributed by atoms with Crippen LogP contribution in [0.25, 0.3) is 0 Å². The number of hydrogen-bond donors (Lipinski definition) is 0. The Bertz CT molecular complexity index is 342. The topological polar surface area (TPSA) is 43.1 Å². The zero-order valence-electron chi connectivity index (χ0n) is 7.37. The number of aryl methyl sites for hydroxylation is 1. The summed E-state index contributed by atoms with van der Waals surface area (Å²) in [5, 5.41) is 11.5. The number of nitrogens with zero attached hydrogens (tertiary/aromatic N) is 1. The van der Waals surface area contributed by atoms with Crippen molar-refractivity contribution in [1.82, 2.24) is 0 Å². The van der Waals surface area contributed by atoms with Crippen molar-refractivity contribution in [2.45, 2.75) is 12.8 Å². The number of alkyl halides is 1. The van der Waals surface area contributed by atoms with Crippen LogP contribution in [-0.4, -0.2) is 10.3 Å². The van der Waals surface area contributed by atoms with Crippen LogP contribution >= 0.6 is 31.9 Å². The lowest BCUT2D eigenvalue weighted by molar-refractivity contribution is -0.385. The van der Waals surface area contributed by atoms with Crippen molar-refractivity contribution < 1.29 is 4.92 Å². The summed E-state index contributed by atoms with van der Waals surface area (Å²) in [6.07, 6.45) is 1.96. The maximum absolute atomic E-state index is 10.5.